The highest BCUT2D eigenvalue weighted by Crippen LogP contribution is 2.25. The van der Waals surface area contributed by atoms with Crippen LogP contribution in [0.3, 0.4) is 0 Å². The molecule has 0 spiro atoms. The van der Waals surface area contributed by atoms with Crippen LogP contribution in [0, 0.1) is 5.92 Å². The average molecular weight is 377 g/mol. The van der Waals surface area contributed by atoms with Gasteiger partial charge in [0.1, 0.15) is 5.82 Å². The molecule has 0 unspecified atom stereocenters. The maximum atomic E-state index is 12.2. The maximum absolute atomic E-state index is 12.2. The summed E-state index contributed by atoms with van der Waals surface area (Å²) >= 11 is 1.62. The van der Waals surface area contributed by atoms with Crippen molar-refractivity contribution < 1.29 is 4.79 Å². The van der Waals surface area contributed by atoms with Crippen LogP contribution in [-0.4, -0.2) is 44.0 Å². The van der Waals surface area contributed by atoms with Crippen LogP contribution in [0.2, 0.25) is 0 Å². The number of hydrogen-bond acceptors (Lipinski definition) is 6. The molecular weight excluding hydrogens is 348 g/mol. The molecule has 1 aliphatic rings. The van der Waals surface area contributed by atoms with E-state index in [1.54, 1.807) is 18.0 Å². The Kier molecular flexibility index (Phi) is 6.34. The highest BCUT2D eigenvalue weighted by molar-refractivity contribution is 7.99. The zero-order valence-electron chi connectivity index (χ0n) is 15.8. The van der Waals surface area contributed by atoms with E-state index in [1.807, 2.05) is 4.68 Å². The number of amides is 1. The highest BCUT2D eigenvalue weighted by Gasteiger charge is 2.22. The molecule has 0 radical (unpaired) electrons. The third-order valence-electron chi connectivity index (χ3n) is 4.52. The summed E-state index contributed by atoms with van der Waals surface area (Å²) in [7, 11) is 0. The lowest BCUT2D eigenvalue weighted by molar-refractivity contribution is -0.124. The molecule has 2 aromatic heterocycles. The molecule has 1 saturated carbocycles. The molecule has 26 heavy (non-hydrogen) atoms. The number of thioether (sulfide) groups is 1. The third kappa shape index (κ3) is 4.47. The van der Waals surface area contributed by atoms with Crippen LogP contribution in [-0.2, 0) is 11.3 Å². The fourth-order valence-electron chi connectivity index (χ4n) is 3.29. The molecule has 7 nitrogen and oxygen atoms in total. The largest absolute Gasteiger partial charge is 0.367 e. The van der Waals surface area contributed by atoms with E-state index in [0.717, 1.165) is 40.6 Å². The minimum atomic E-state index is 0.179. The van der Waals surface area contributed by atoms with E-state index >= 15 is 0 Å². The first-order chi connectivity index (χ1) is 12.6. The van der Waals surface area contributed by atoms with Crippen molar-refractivity contribution in [3.8, 4) is 0 Å². The zero-order chi connectivity index (χ0) is 18.5. The van der Waals surface area contributed by atoms with Crippen LogP contribution < -0.4 is 10.6 Å². The van der Waals surface area contributed by atoms with Gasteiger partial charge in [-0.1, -0.05) is 31.5 Å². The molecule has 2 heterocycles. The lowest BCUT2D eigenvalue weighted by atomic mass is 10.1. The average Bonchev–Trinajstić information content (AvgIpc) is 3.25. The first-order valence-electron chi connectivity index (χ1n) is 9.49. The number of carbonyl (C=O) groups excluding carboxylic acids is 1. The fraction of sp³-hybridized carbons (Fsp3) is 0.667. The Morgan fingerprint density at radius 2 is 2.12 bits per heavy atom. The van der Waals surface area contributed by atoms with Gasteiger partial charge in [-0.05, 0) is 32.4 Å². The van der Waals surface area contributed by atoms with Gasteiger partial charge in [0.25, 0.3) is 0 Å². The van der Waals surface area contributed by atoms with Crippen LogP contribution in [0.1, 0.15) is 46.5 Å². The molecule has 0 atom stereocenters. The van der Waals surface area contributed by atoms with E-state index in [2.05, 4.69) is 46.5 Å². The number of aromatic nitrogens is 4. The van der Waals surface area contributed by atoms with Crippen LogP contribution >= 0.6 is 11.8 Å². The number of nitrogens with zero attached hydrogens (tertiary/aromatic N) is 4. The van der Waals surface area contributed by atoms with Crippen LogP contribution in [0.15, 0.2) is 11.4 Å². The molecule has 2 N–H and O–H groups in total. The standard InChI is InChI=1S/C18H28N6OS/c1-4-26-18-22-15(21-12(2)3)14-11-20-24(16(14)23-18)10-9-19-17(25)13-7-5-6-8-13/h11-13H,4-10H2,1-3H3,(H,19,25)(H,21,22,23). The van der Waals surface area contributed by atoms with Crippen molar-refractivity contribution in [1.82, 2.24) is 25.1 Å². The molecule has 142 valence electrons. The SMILES string of the molecule is CCSc1nc(NC(C)C)c2cnn(CCNC(=O)C3CCCC3)c2n1. The molecule has 2 aromatic rings. The first-order valence-corrected chi connectivity index (χ1v) is 10.5. The minimum Gasteiger partial charge on any atom is -0.367 e. The van der Waals surface area contributed by atoms with Crippen molar-refractivity contribution in [1.29, 1.82) is 0 Å². The van der Waals surface area contributed by atoms with Crippen molar-refractivity contribution in [2.75, 3.05) is 17.6 Å². The van der Waals surface area contributed by atoms with Gasteiger partial charge in [-0.3, -0.25) is 4.79 Å². The summed E-state index contributed by atoms with van der Waals surface area (Å²) in [6, 6.07) is 0.279. The van der Waals surface area contributed by atoms with Crippen molar-refractivity contribution in [2.45, 2.75) is 64.2 Å². The van der Waals surface area contributed by atoms with E-state index in [4.69, 9.17) is 0 Å². The minimum absolute atomic E-state index is 0.179. The van der Waals surface area contributed by atoms with Crippen LogP contribution in [0.5, 0.6) is 0 Å². The predicted molar refractivity (Wildman–Crippen MR) is 105 cm³/mol. The van der Waals surface area contributed by atoms with Gasteiger partial charge in [0.05, 0.1) is 18.1 Å². The van der Waals surface area contributed by atoms with Crippen molar-refractivity contribution in [3.63, 3.8) is 0 Å². The Labute approximate surface area is 158 Å². The Hall–Kier alpha value is -1.83. The van der Waals surface area contributed by atoms with Crippen molar-refractivity contribution >= 4 is 34.5 Å². The smallest absolute Gasteiger partial charge is 0.223 e. The molecule has 8 heteroatoms. The summed E-state index contributed by atoms with van der Waals surface area (Å²) in [6.45, 7) is 7.44. The van der Waals surface area contributed by atoms with E-state index in [1.165, 1.54) is 12.8 Å². The lowest BCUT2D eigenvalue weighted by Crippen LogP contribution is -2.32. The Balaban J connectivity index is 1.73. The predicted octanol–water partition coefficient (Wildman–Crippen LogP) is 3.07. The topological polar surface area (TPSA) is 84.7 Å². The van der Waals surface area contributed by atoms with E-state index in [-0.39, 0.29) is 17.9 Å². The number of hydrogen-bond donors (Lipinski definition) is 2. The maximum Gasteiger partial charge on any atom is 0.223 e. The molecule has 0 saturated heterocycles. The number of anilines is 1. The molecular formula is C18H28N6OS. The van der Waals surface area contributed by atoms with Crippen LogP contribution in [0.25, 0.3) is 11.0 Å². The molecule has 1 fully saturated rings. The Morgan fingerprint density at radius 3 is 2.81 bits per heavy atom. The molecule has 0 aliphatic heterocycles. The first kappa shape index (κ1) is 18.9. The second-order valence-corrected chi connectivity index (χ2v) is 8.20. The summed E-state index contributed by atoms with van der Waals surface area (Å²) in [6.07, 6.45) is 6.18. The molecule has 3 rings (SSSR count). The summed E-state index contributed by atoms with van der Waals surface area (Å²) < 4.78 is 1.86. The van der Waals surface area contributed by atoms with Gasteiger partial charge in [-0.15, -0.1) is 0 Å². The Bertz CT molecular complexity index is 753. The van der Waals surface area contributed by atoms with Crippen LogP contribution in [0.4, 0.5) is 5.82 Å². The fourth-order valence-corrected chi connectivity index (χ4v) is 3.86. The van der Waals surface area contributed by atoms with E-state index in [0.29, 0.717) is 13.1 Å². The molecule has 1 amide bonds. The lowest BCUT2D eigenvalue weighted by Gasteiger charge is -2.12. The Morgan fingerprint density at radius 1 is 1.35 bits per heavy atom. The molecule has 0 aromatic carbocycles. The summed E-state index contributed by atoms with van der Waals surface area (Å²) in [5.74, 6) is 2.11. The highest BCUT2D eigenvalue weighted by atomic mass is 32.2. The van der Waals surface area contributed by atoms with Gasteiger partial charge in [-0.2, -0.15) is 5.10 Å². The normalized spacial score (nSPS) is 15.1. The second kappa shape index (κ2) is 8.70. The summed E-state index contributed by atoms with van der Waals surface area (Å²) in [4.78, 5) is 21.5. The summed E-state index contributed by atoms with van der Waals surface area (Å²) in [5, 5.41) is 12.6. The number of carbonyl (C=O) groups is 1. The van der Waals surface area contributed by atoms with Gasteiger partial charge < -0.3 is 10.6 Å². The summed E-state index contributed by atoms with van der Waals surface area (Å²) in [5.41, 5.74) is 0.814. The van der Waals surface area contributed by atoms with E-state index in [9.17, 15) is 4.79 Å². The van der Waals surface area contributed by atoms with E-state index < -0.39 is 0 Å². The van der Waals surface area contributed by atoms with Gasteiger partial charge in [0, 0.05) is 18.5 Å². The number of fused-ring (bicyclic) bond motifs is 1. The van der Waals surface area contributed by atoms with Gasteiger partial charge in [-0.25, -0.2) is 14.6 Å². The monoisotopic (exact) mass is 376 g/mol. The molecule has 0 bridgehead atoms. The zero-order valence-corrected chi connectivity index (χ0v) is 16.6. The van der Waals surface area contributed by atoms with Crippen molar-refractivity contribution in [3.05, 3.63) is 6.20 Å². The van der Waals surface area contributed by atoms with Gasteiger partial charge >= 0.3 is 0 Å². The third-order valence-corrected chi connectivity index (χ3v) is 5.25. The second-order valence-electron chi connectivity index (χ2n) is 6.96. The molecule has 1 aliphatic carbocycles. The number of rotatable bonds is 8. The van der Waals surface area contributed by atoms with Gasteiger partial charge in [0.2, 0.25) is 5.91 Å². The van der Waals surface area contributed by atoms with Crippen molar-refractivity contribution in [2.24, 2.45) is 5.92 Å². The quantitative estimate of drug-likeness (QED) is 0.544. The number of nitrogens with one attached hydrogen (secondary N) is 2. The van der Waals surface area contributed by atoms with Gasteiger partial charge in [0.15, 0.2) is 10.8 Å².